The highest BCUT2D eigenvalue weighted by Crippen LogP contribution is 2.03. The van der Waals surface area contributed by atoms with Gasteiger partial charge in [-0.1, -0.05) is 6.92 Å². The Kier molecular flexibility index (Phi) is 3.77. The van der Waals surface area contributed by atoms with Crippen LogP contribution in [0.15, 0.2) is 12.4 Å². The summed E-state index contributed by atoms with van der Waals surface area (Å²) in [5.74, 6) is 3.41. The molecular weight excluding hydrogens is 162 g/mol. The largest absolute Gasteiger partial charge is 0.369 e. The van der Waals surface area contributed by atoms with E-state index in [1.807, 2.05) is 6.07 Å². The number of terminal acetylenes is 1. The molecule has 0 amide bonds. The van der Waals surface area contributed by atoms with Crippen LogP contribution in [0.2, 0.25) is 0 Å². The van der Waals surface area contributed by atoms with Crippen molar-refractivity contribution < 1.29 is 0 Å². The van der Waals surface area contributed by atoms with Gasteiger partial charge in [-0.3, -0.25) is 0 Å². The van der Waals surface area contributed by atoms with Gasteiger partial charge in [0.1, 0.15) is 12.1 Å². The van der Waals surface area contributed by atoms with E-state index in [1.165, 1.54) is 0 Å². The van der Waals surface area contributed by atoms with Crippen molar-refractivity contribution in [1.82, 2.24) is 9.97 Å². The summed E-state index contributed by atoms with van der Waals surface area (Å²) in [5.41, 5.74) is 1.04. The van der Waals surface area contributed by atoms with Crippen molar-refractivity contribution in [3.05, 3.63) is 18.1 Å². The summed E-state index contributed by atoms with van der Waals surface area (Å²) in [4.78, 5) is 8.16. The van der Waals surface area contributed by atoms with Crippen LogP contribution >= 0.6 is 0 Å². The maximum atomic E-state index is 5.13. The van der Waals surface area contributed by atoms with Crippen molar-refractivity contribution in [2.75, 3.05) is 11.9 Å². The Labute approximate surface area is 78.6 Å². The predicted molar refractivity (Wildman–Crippen MR) is 53.3 cm³/mol. The van der Waals surface area contributed by atoms with Gasteiger partial charge in [0.25, 0.3) is 0 Å². The van der Waals surface area contributed by atoms with Gasteiger partial charge in [-0.15, -0.1) is 12.3 Å². The Balaban J connectivity index is 2.52. The fourth-order valence-electron chi connectivity index (χ4n) is 0.950. The van der Waals surface area contributed by atoms with Crippen molar-refractivity contribution in [2.45, 2.75) is 19.8 Å². The second kappa shape index (κ2) is 5.15. The maximum absolute atomic E-state index is 5.13. The lowest BCUT2D eigenvalue weighted by atomic mass is 10.3. The molecule has 0 saturated heterocycles. The standard InChI is InChI=1S/C10H13N3/c1-3-5-6-11-10-7-9(4-2)12-8-13-10/h1,7-8H,4-6H2,2H3,(H,11,12,13). The molecule has 1 aromatic heterocycles. The van der Waals surface area contributed by atoms with Crippen LogP contribution < -0.4 is 5.32 Å². The highest BCUT2D eigenvalue weighted by atomic mass is 15.0. The van der Waals surface area contributed by atoms with E-state index in [9.17, 15) is 0 Å². The first-order valence-corrected chi connectivity index (χ1v) is 4.35. The molecule has 1 heterocycles. The number of nitrogens with zero attached hydrogens (tertiary/aromatic N) is 2. The molecule has 1 N–H and O–H groups in total. The van der Waals surface area contributed by atoms with Gasteiger partial charge in [0, 0.05) is 24.7 Å². The van der Waals surface area contributed by atoms with E-state index in [4.69, 9.17) is 6.42 Å². The van der Waals surface area contributed by atoms with Gasteiger partial charge < -0.3 is 5.32 Å². The van der Waals surface area contributed by atoms with Crippen LogP contribution in [0, 0.1) is 12.3 Å². The number of nitrogens with one attached hydrogen (secondary N) is 1. The molecule has 0 aliphatic heterocycles. The first-order valence-electron chi connectivity index (χ1n) is 4.35. The number of aromatic nitrogens is 2. The monoisotopic (exact) mass is 175 g/mol. The zero-order valence-electron chi connectivity index (χ0n) is 7.75. The van der Waals surface area contributed by atoms with Gasteiger partial charge in [-0.05, 0) is 6.42 Å². The van der Waals surface area contributed by atoms with E-state index in [-0.39, 0.29) is 0 Å². The van der Waals surface area contributed by atoms with Gasteiger partial charge in [0.2, 0.25) is 0 Å². The number of hydrogen-bond acceptors (Lipinski definition) is 3. The van der Waals surface area contributed by atoms with Crippen molar-refractivity contribution in [3.63, 3.8) is 0 Å². The van der Waals surface area contributed by atoms with Gasteiger partial charge in [0.05, 0.1) is 0 Å². The van der Waals surface area contributed by atoms with Crippen molar-refractivity contribution >= 4 is 5.82 Å². The van der Waals surface area contributed by atoms with Crippen LogP contribution in [0.5, 0.6) is 0 Å². The van der Waals surface area contributed by atoms with Gasteiger partial charge in [-0.25, -0.2) is 9.97 Å². The summed E-state index contributed by atoms with van der Waals surface area (Å²) in [6, 6.07) is 1.94. The number of rotatable bonds is 4. The minimum atomic E-state index is 0.714. The highest BCUT2D eigenvalue weighted by Gasteiger charge is 1.94. The summed E-state index contributed by atoms with van der Waals surface area (Å²) < 4.78 is 0. The lowest BCUT2D eigenvalue weighted by Gasteiger charge is -2.03. The third-order valence-corrected chi connectivity index (χ3v) is 1.66. The molecule has 0 aliphatic carbocycles. The van der Waals surface area contributed by atoms with Crippen molar-refractivity contribution in [3.8, 4) is 12.3 Å². The van der Waals surface area contributed by atoms with E-state index in [0.29, 0.717) is 6.42 Å². The van der Waals surface area contributed by atoms with E-state index < -0.39 is 0 Å². The SMILES string of the molecule is C#CCCNc1cc(CC)ncn1. The Morgan fingerprint density at radius 3 is 3.08 bits per heavy atom. The maximum Gasteiger partial charge on any atom is 0.129 e. The fourth-order valence-corrected chi connectivity index (χ4v) is 0.950. The lowest BCUT2D eigenvalue weighted by molar-refractivity contribution is 0.983. The van der Waals surface area contributed by atoms with Crippen LogP contribution in [0.25, 0.3) is 0 Å². The van der Waals surface area contributed by atoms with Gasteiger partial charge in [-0.2, -0.15) is 0 Å². The molecule has 0 spiro atoms. The average Bonchev–Trinajstić information content (AvgIpc) is 2.19. The van der Waals surface area contributed by atoms with E-state index in [0.717, 1.165) is 24.5 Å². The molecule has 1 aromatic rings. The van der Waals surface area contributed by atoms with Crippen LogP contribution in [-0.4, -0.2) is 16.5 Å². The molecule has 3 nitrogen and oxygen atoms in total. The molecule has 68 valence electrons. The molecular formula is C10H13N3. The summed E-state index contributed by atoms with van der Waals surface area (Å²) >= 11 is 0. The lowest BCUT2D eigenvalue weighted by Crippen LogP contribution is -2.03. The molecule has 13 heavy (non-hydrogen) atoms. The van der Waals surface area contributed by atoms with Crippen LogP contribution in [-0.2, 0) is 6.42 Å². The van der Waals surface area contributed by atoms with E-state index in [1.54, 1.807) is 6.33 Å². The molecule has 0 atom stereocenters. The molecule has 0 aromatic carbocycles. The number of hydrogen-bond donors (Lipinski definition) is 1. The molecule has 0 radical (unpaired) electrons. The molecule has 0 fully saturated rings. The summed E-state index contributed by atoms with van der Waals surface area (Å²) in [7, 11) is 0. The highest BCUT2D eigenvalue weighted by molar-refractivity contribution is 5.34. The second-order valence-electron chi connectivity index (χ2n) is 2.63. The first kappa shape index (κ1) is 9.53. The zero-order valence-corrected chi connectivity index (χ0v) is 7.75. The van der Waals surface area contributed by atoms with E-state index >= 15 is 0 Å². The normalized spacial score (nSPS) is 9.23. The molecule has 0 unspecified atom stereocenters. The zero-order chi connectivity index (χ0) is 9.52. The quantitative estimate of drug-likeness (QED) is 0.556. The molecule has 0 aliphatic rings. The molecule has 0 bridgehead atoms. The van der Waals surface area contributed by atoms with Crippen LogP contribution in [0.1, 0.15) is 19.0 Å². The minimum Gasteiger partial charge on any atom is -0.369 e. The predicted octanol–water partition coefficient (Wildman–Crippen LogP) is 1.47. The Morgan fingerprint density at radius 1 is 1.54 bits per heavy atom. The minimum absolute atomic E-state index is 0.714. The number of anilines is 1. The Morgan fingerprint density at radius 2 is 2.38 bits per heavy atom. The topological polar surface area (TPSA) is 37.8 Å². The molecule has 3 heteroatoms. The third-order valence-electron chi connectivity index (χ3n) is 1.66. The van der Waals surface area contributed by atoms with Crippen molar-refractivity contribution in [2.24, 2.45) is 0 Å². The summed E-state index contributed by atoms with van der Waals surface area (Å²) in [5, 5.41) is 3.13. The van der Waals surface area contributed by atoms with Crippen LogP contribution in [0.4, 0.5) is 5.82 Å². The Bertz CT molecular complexity index is 301. The summed E-state index contributed by atoms with van der Waals surface area (Å²) in [6.45, 7) is 2.82. The Hall–Kier alpha value is -1.56. The van der Waals surface area contributed by atoms with Gasteiger partial charge in [0.15, 0.2) is 0 Å². The van der Waals surface area contributed by atoms with Crippen LogP contribution in [0.3, 0.4) is 0 Å². The fraction of sp³-hybridized carbons (Fsp3) is 0.400. The molecule has 1 rings (SSSR count). The summed E-state index contributed by atoms with van der Waals surface area (Å²) in [6.07, 6.45) is 8.33. The van der Waals surface area contributed by atoms with E-state index in [2.05, 4.69) is 28.1 Å². The number of aryl methyl sites for hydroxylation is 1. The third kappa shape index (κ3) is 3.12. The second-order valence-corrected chi connectivity index (χ2v) is 2.63. The average molecular weight is 175 g/mol. The van der Waals surface area contributed by atoms with Gasteiger partial charge >= 0.3 is 0 Å². The first-order chi connectivity index (χ1) is 6.36. The smallest absolute Gasteiger partial charge is 0.129 e. The molecule has 0 saturated carbocycles. The van der Waals surface area contributed by atoms with Crippen molar-refractivity contribution in [1.29, 1.82) is 0 Å².